The highest BCUT2D eigenvalue weighted by molar-refractivity contribution is 5.27. The standard InChI is InChI=1S/C21H29NO/c23-21(19-7-3-1-4-8-19,11-14-22-12-5-2-6-13-22)20-16-17-9-10-18(20)15-17/h1,3-4,7-10,17-18,20,23H,2,5-6,11-16H2/t17-,18+,20-,21-/m0/s1. The predicted molar refractivity (Wildman–Crippen MR) is 94.1 cm³/mol. The third kappa shape index (κ3) is 2.99. The molecule has 124 valence electrons. The van der Waals surface area contributed by atoms with Gasteiger partial charge in [0, 0.05) is 6.54 Å². The van der Waals surface area contributed by atoms with Gasteiger partial charge in [0.2, 0.25) is 0 Å². The van der Waals surface area contributed by atoms with Crippen LogP contribution in [0.15, 0.2) is 42.5 Å². The number of fused-ring (bicyclic) bond motifs is 2. The molecule has 3 aliphatic rings. The van der Waals surface area contributed by atoms with E-state index in [1.807, 2.05) is 0 Å². The van der Waals surface area contributed by atoms with E-state index in [0.29, 0.717) is 17.8 Å². The number of hydrogen-bond acceptors (Lipinski definition) is 2. The van der Waals surface area contributed by atoms with Crippen molar-refractivity contribution in [2.45, 2.75) is 44.1 Å². The van der Waals surface area contributed by atoms with Crippen LogP contribution in [0.25, 0.3) is 0 Å². The zero-order valence-corrected chi connectivity index (χ0v) is 14.0. The highest BCUT2D eigenvalue weighted by Gasteiger charge is 2.48. The van der Waals surface area contributed by atoms with Gasteiger partial charge in [0.05, 0.1) is 5.60 Å². The van der Waals surface area contributed by atoms with Crippen molar-refractivity contribution in [1.29, 1.82) is 0 Å². The molecule has 0 radical (unpaired) electrons. The molecule has 0 aromatic heterocycles. The summed E-state index contributed by atoms with van der Waals surface area (Å²) in [6.07, 6.45) is 12.0. The van der Waals surface area contributed by atoms with Gasteiger partial charge in [0.1, 0.15) is 0 Å². The molecule has 23 heavy (non-hydrogen) atoms. The van der Waals surface area contributed by atoms with Crippen molar-refractivity contribution < 1.29 is 5.11 Å². The van der Waals surface area contributed by atoms with E-state index >= 15 is 0 Å². The Morgan fingerprint density at radius 2 is 1.78 bits per heavy atom. The molecule has 0 amide bonds. The highest BCUT2D eigenvalue weighted by Crippen LogP contribution is 2.52. The second-order valence-electron chi connectivity index (χ2n) is 7.83. The molecule has 1 saturated heterocycles. The molecule has 1 N–H and O–H groups in total. The van der Waals surface area contributed by atoms with Gasteiger partial charge in [0.25, 0.3) is 0 Å². The van der Waals surface area contributed by atoms with Gasteiger partial charge in [-0.25, -0.2) is 0 Å². The summed E-state index contributed by atoms with van der Waals surface area (Å²) >= 11 is 0. The van der Waals surface area contributed by atoms with E-state index in [9.17, 15) is 5.11 Å². The average molecular weight is 311 g/mol. The Balaban J connectivity index is 1.55. The minimum absolute atomic E-state index is 0.393. The number of benzene rings is 1. The second kappa shape index (κ2) is 6.41. The van der Waals surface area contributed by atoms with Crippen LogP contribution in [-0.4, -0.2) is 29.6 Å². The van der Waals surface area contributed by atoms with Gasteiger partial charge in [0.15, 0.2) is 0 Å². The highest BCUT2D eigenvalue weighted by atomic mass is 16.3. The maximum atomic E-state index is 11.8. The number of hydrogen-bond donors (Lipinski definition) is 1. The van der Waals surface area contributed by atoms with Crippen LogP contribution < -0.4 is 0 Å². The van der Waals surface area contributed by atoms with Crippen molar-refractivity contribution in [2.75, 3.05) is 19.6 Å². The number of aliphatic hydroxyl groups is 1. The van der Waals surface area contributed by atoms with E-state index in [4.69, 9.17) is 0 Å². The number of nitrogens with zero attached hydrogens (tertiary/aromatic N) is 1. The molecule has 1 aromatic carbocycles. The van der Waals surface area contributed by atoms with Crippen LogP contribution in [-0.2, 0) is 5.60 Å². The first-order chi connectivity index (χ1) is 11.3. The lowest BCUT2D eigenvalue weighted by molar-refractivity contribution is -0.0495. The van der Waals surface area contributed by atoms with Gasteiger partial charge >= 0.3 is 0 Å². The normalized spacial score (nSPS) is 33.0. The molecule has 2 heteroatoms. The summed E-state index contributed by atoms with van der Waals surface area (Å²) in [5.74, 6) is 1.67. The molecule has 1 aromatic rings. The topological polar surface area (TPSA) is 23.5 Å². The second-order valence-corrected chi connectivity index (χ2v) is 7.83. The molecule has 1 heterocycles. The first-order valence-electron chi connectivity index (χ1n) is 9.44. The van der Waals surface area contributed by atoms with Crippen molar-refractivity contribution in [3.8, 4) is 0 Å². The van der Waals surface area contributed by atoms with E-state index in [1.54, 1.807) is 0 Å². The van der Waals surface area contributed by atoms with Crippen molar-refractivity contribution in [2.24, 2.45) is 17.8 Å². The zero-order chi connectivity index (χ0) is 15.7. The predicted octanol–water partition coefficient (Wildman–Crippen LogP) is 3.96. The summed E-state index contributed by atoms with van der Waals surface area (Å²) < 4.78 is 0. The fourth-order valence-electron chi connectivity index (χ4n) is 5.11. The molecule has 4 rings (SSSR count). The van der Waals surface area contributed by atoms with Gasteiger partial charge in [-0.05, 0) is 68.5 Å². The zero-order valence-electron chi connectivity index (χ0n) is 14.0. The molecule has 1 saturated carbocycles. The summed E-state index contributed by atoms with van der Waals surface area (Å²) in [5, 5.41) is 11.8. The summed E-state index contributed by atoms with van der Waals surface area (Å²) in [4.78, 5) is 2.56. The fourth-order valence-corrected chi connectivity index (χ4v) is 5.11. The summed E-state index contributed by atoms with van der Waals surface area (Å²) in [5.41, 5.74) is 0.464. The third-order valence-corrected chi connectivity index (χ3v) is 6.42. The Labute approximate surface area is 140 Å². The van der Waals surface area contributed by atoms with Crippen LogP contribution in [0.1, 0.15) is 44.1 Å². The van der Waals surface area contributed by atoms with Crippen molar-refractivity contribution >= 4 is 0 Å². The van der Waals surface area contributed by atoms with Gasteiger partial charge in [-0.3, -0.25) is 0 Å². The summed E-state index contributed by atoms with van der Waals surface area (Å²) in [6, 6.07) is 10.5. The smallest absolute Gasteiger partial charge is 0.0942 e. The maximum Gasteiger partial charge on any atom is 0.0942 e. The summed E-state index contributed by atoms with van der Waals surface area (Å²) in [6.45, 7) is 3.45. The quantitative estimate of drug-likeness (QED) is 0.832. The Kier molecular flexibility index (Phi) is 4.29. The van der Waals surface area contributed by atoms with Crippen LogP contribution in [0.2, 0.25) is 0 Å². The fraction of sp³-hybridized carbons (Fsp3) is 0.619. The lowest BCUT2D eigenvalue weighted by Gasteiger charge is -2.40. The monoisotopic (exact) mass is 311 g/mol. The van der Waals surface area contributed by atoms with Gasteiger partial charge in [-0.1, -0.05) is 48.9 Å². The van der Waals surface area contributed by atoms with E-state index in [1.165, 1.54) is 38.8 Å². The minimum Gasteiger partial charge on any atom is -0.385 e. The lowest BCUT2D eigenvalue weighted by Crippen LogP contribution is -2.42. The molecule has 2 bridgehead atoms. The lowest BCUT2D eigenvalue weighted by atomic mass is 9.72. The van der Waals surface area contributed by atoms with Crippen molar-refractivity contribution in [3.63, 3.8) is 0 Å². The molecule has 0 unspecified atom stereocenters. The maximum absolute atomic E-state index is 11.8. The number of likely N-dealkylation sites (tertiary alicyclic amines) is 1. The Morgan fingerprint density at radius 1 is 1.00 bits per heavy atom. The minimum atomic E-state index is -0.664. The van der Waals surface area contributed by atoms with E-state index in [0.717, 1.165) is 24.9 Å². The number of rotatable bonds is 5. The Morgan fingerprint density at radius 3 is 2.43 bits per heavy atom. The molecule has 4 atom stereocenters. The van der Waals surface area contributed by atoms with Gasteiger partial charge in [-0.15, -0.1) is 0 Å². The SMILES string of the molecule is O[C@@](CCN1CCCCC1)(c1ccccc1)[C@H]1C[C@H]2C=C[C@@H]1C2. The molecule has 2 nitrogen and oxygen atoms in total. The van der Waals surface area contributed by atoms with Crippen LogP contribution in [0, 0.1) is 17.8 Å². The summed E-state index contributed by atoms with van der Waals surface area (Å²) in [7, 11) is 0. The molecule has 2 aliphatic carbocycles. The molecule has 0 spiro atoms. The third-order valence-electron chi connectivity index (χ3n) is 6.42. The molecular weight excluding hydrogens is 282 g/mol. The van der Waals surface area contributed by atoms with Crippen molar-refractivity contribution in [1.82, 2.24) is 4.90 Å². The first-order valence-corrected chi connectivity index (χ1v) is 9.44. The Hall–Kier alpha value is -1.12. The van der Waals surface area contributed by atoms with Crippen LogP contribution in [0.4, 0.5) is 0 Å². The van der Waals surface area contributed by atoms with Crippen LogP contribution in [0.5, 0.6) is 0 Å². The van der Waals surface area contributed by atoms with Gasteiger partial charge in [-0.2, -0.15) is 0 Å². The van der Waals surface area contributed by atoms with E-state index in [-0.39, 0.29) is 0 Å². The van der Waals surface area contributed by atoms with Crippen LogP contribution >= 0.6 is 0 Å². The number of allylic oxidation sites excluding steroid dienone is 2. The van der Waals surface area contributed by atoms with E-state index in [2.05, 4.69) is 47.4 Å². The number of piperidine rings is 1. The first kappa shape index (κ1) is 15.4. The Bertz CT molecular complexity index is 548. The molecular formula is C21H29NO. The van der Waals surface area contributed by atoms with Gasteiger partial charge < -0.3 is 10.0 Å². The molecule has 1 aliphatic heterocycles. The van der Waals surface area contributed by atoms with E-state index < -0.39 is 5.60 Å². The molecule has 2 fully saturated rings. The van der Waals surface area contributed by atoms with Crippen LogP contribution in [0.3, 0.4) is 0 Å². The average Bonchev–Trinajstić information content (AvgIpc) is 3.25. The van der Waals surface area contributed by atoms with Crippen molar-refractivity contribution in [3.05, 3.63) is 48.0 Å². The largest absolute Gasteiger partial charge is 0.385 e.